The van der Waals surface area contributed by atoms with Crippen LogP contribution < -0.4 is 4.74 Å². The number of rotatable bonds is 7. The van der Waals surface area contributed by atoms with Crippen molar-refractivity contribution in [1.82, 2.24) is 19.9 Å². The van der Waals surface area contributed by atoms with Gasteiger partial charge in [0, 0.05) is 13.1 Å². The molecular weight excluding hydrogens is 372 g/mol. The SMILES string of the molecule is Cc1nc(COc2ccc(C(=O)OCc3ccn(-c4ccccc4)n3)cc2)no1. The number of ether oxygens (including phenoxy) is 2. The first kappa shape index (κ1) is 18.4. The van der Waals surface area contributed by atoms with Crippen LogP contribution in [0, 0.1) is 6.92 Å². The van der Waals surface area contributed by atoms with Crippen molar-refractivity contribution in [2.45, 2.75) is 20.1 Å². The molecule has 0 aliphatic heterocycles. The maximum atomic E-state index is 12.3. The second-order valence-corrected chi connectivity index (χ2v) is 6.21. The van der Waals surface area contributed by atoms with Crippen molar-refractivity contribution in [3.8, 4) is 11.4 Å². The number of carbonyl (C=O) groups excluding carboxylic acids is 1. The Morgan fingerprint density at radius 3 is 2.55 bits per heavy atom. The molecule has 2 heterocycles. The number of hydrogen-bond donors (Lipinski definition) is 0. The lowest BCUT2D eigenvalue weighted by atomic mass is 10.2. The molecule has 4 rings (SSSR count). The molecule has 0 radical (unpaired) electrons. The number of para-hydroxylation sites is 1. The molecule has 0 amide bonds. The fraction of sp³-hybridized carbons (Fsp3) is 0.143. The molecule has 0 fully saturated rings. The van der Waals surface area contributed by atoms with E-state index < -0.39 is 5.97 Å². The van der Waals surface area contributed by atoms with E-state index in [1.165, 1.54) is 0 Å². The number of carbonyl (C=O) groups is 1. The first-order valence-corrected chi connectivity index (χ1v) is 8.96. The van der Waals surface area contributed by atoms with Gasteiger partial charge in [-0.1, -0.05) is 23.4 Å². The summed E-state index contributed by atoms with van der Waals surface area (Å²) in [6.07, 6.45) is 1.83. The average Bonchev–Trinajstić information content (AvgIpc) is 3.40. The van der Waals surface area contributed by atoms with Gasteiger partial charge in [-0.15, -0.1) is 0 Å². The Morgan fingerprint density at radius 1 is 1.03 bits per heavy atom. The van der Waals surface area contributed by atoms with Crippen molar-refractivity contribution in [1.29, 1.82) is 0 Å². The summed E-state index contributed by atoms with van der Waals surface area (Å²) in [5, 5.41) is 8.17. The van der Waals surface area contributed by atoms with Crippen LogP contribution in [0.25, 0.3) is 5.69 Å². The number of aryl methyl sites for hydroxylation is 1. The van der Waals surface area contributed by atoms with E-state index in [1.807, 2.05) is 42.6 Å². The van der Waals surface area contributed by atoms with Crippen LogP contribution in [0.1, 0.15) is 27.8 Å². The van der Waals surface area contributed by atoms with E-state index in [4.69, 9.17) is 14.0 Å². The van der Waals surface area contributed by atoms with Crippen LogP contribution in [0.2, 0.25) is 0 Å². The van der Waals surface area contributed by atoms with E-state index in [0.717, 1.165) is 5.69 Å². The second-order valence-electron chi connectivity index (χ2n) is 6.21. The summed E-state index contributed by atoms with van der Waals surface area (Å²) < 4.78 is 17.5. The third-order valence-electron chi connectivity index (χ3n) is 4.04. The van der Waals surface area contributed by atoms with Crippen LogP contribution in [0.15, 0.2) is 71.4 Å². The van der Waals surface area contributed by atoms with E-state index in [-0.39, 0.29) is 13.2 Å². The standard InChI is InChI=1S/C21H18N4O4/c1-15-22-20(24-29-15)14-27-19-9-7-16(8-10-19)21(26)28-13-17-11-12-25(23-17)18-5-3-2-4-6-18/h2-12H,13-14H2,1H3. The maximum absolute atomic E-state index is 12.3. The summed E-state index contributed by atoms with van der Waals surface area (Å²) in [4.78, 5) is 16.3. The third-order valence-corrected chi connectivity index (χ3v) is 4.04. The predicted octanol–water partition coefficient (Wildman–Crippen LogP) is 3.50. The van der Waals surface area contributed by atoms with Gasteiger partial charge < -0.3 is 14.0 Å². The Kier molecular flexibility index (Phi) is 5.33. The first-order chi connectivity index (χ1) is 14.2. The Balaban J connectivity index is 1.30. The number of benzene rings is 2. The van der Waals surface area contributed by atoms with Crippen LogP contribution in [0.4, 0.5) is 0 Å². The lowest BCUT2D eigenvalue weighted by molar-refractivity contribution is 0.0467. The van der Waals surface area contributed by atoms with Gasteiger partial charge in [-0.2, -0.15) is 10.1 Å². The zero-order valence-electron chi connectivity index (χ0n) is 15.7. The van der Waals surface area contributed by atoms with Crippen molar-refractivity contribution in [3.63, 3.8) is 0 Å². The molecule has 4 aromatic rings. The van der Waals surface area contributed by atoms with E-state index in [1.54, 1.807) is 35.9 Å². The molecule has 0 spiro atoms. The van der Waals surface area contributed by atoms with Crippen molar-refractivity contribution < 1.29 is 18.8 Å². The summed E-state index contributed by atoms with van der Waals surface area (Å²) >= 11 is 0. The van der Waals surface area contributed by atoms with Gasteiger partial charge in [0.1, 0.15) is 18.1 Å². The molecule has 0 saturated carbocycles. The van der Waals surface area contributed by atoms with Gasteiger partial charge in [0.2, 0.25) is 11.7 Å². The Morgan fingerprint density at radius 2 is 1.83 bits per heavy atom. The van der Waals surface area contributed by atoms with Gasteiger partial charge >= 0.3 is 5.97 Å². The van der Waals surface area contributed by atoms with E-state index >= 15 is 0 Å². The van der Waals surface area contributed by atoms with Gasteiger partial charge in [0.25, 0.3) is 0 Å². The maximum Gasteiger partial charge on any atom is 0.338 e. The van der Waals surface area contributed by atoms with Crippen molar-refractivity contribution in [2.24, 2.45) is 0 Å². The molecule has 0 bridgehead atoms. The van der Waals surface area contributed by atoms with Gasteiger partial charge in [0.15, 0.2) is 6.61 Å². The van der Waals surface area contributed by atoms with Crippen LogP contribution >= 0.6 is 0 Å². The lowest BCUT2D eigenvalue weighted by Gasteiger charge is -2.06. The molecular formula is C21H18N4O4. The van der Waals surface area contributed by atoms with Gasteiger partial charge in [-0.25, -0.2) is 9.48 Å². The molecule has 0 atom stereocenters. The highest BCUT2D eigenvalue weighted by Crippen LogP contribution is 2.15. The normalized spacial score (nSPS) is 10.7. The van der Waals surface area contributed by atoms with Crippen molar-refractivity contribution in [2.75, 3.05) is 0 Å². The predicted molar refractivity (Wildman–Crippen MR) is 102 cm³/mol. The molecule has 0 aliphatic rings. The minimum atomic E-state index is -0.431. The highest BCUT2D eigenvalue weighted by Gasteiger charge is 2.10. The minimum absolute atomic E-state index is 0.0914. The highest BCUT2D eigenvalue weighted by molar-refractivity contribution is 5.89. The molecule has 2 aromatic heterocycles. The minimum Gasteiger partial charge on any atom is -0.485 e. The van der Waals surface area contributed by atoms with Crippen molar-refractivity contribution in [3.05, 3.63) is 89.8 Å². The van der Waals surface area contributed by atoms with Crippen molar-refractivity contribution >= 4 is 5.97 Å². The Bertz CT molecular complexity index is 1090. The molecule has 0 aliphatic carbocycles. The molecule has 8 nitrogen and oxygen atoms in total. The fourth-order valence-corrected chi connectivity index (χ4v) is 2.62. The fourth-order valence-electron chi connectivity index (χ4n) is 2.62. The smallest absolute Gasteiger partial charge is 0.338 e. The Labute approximate surface area is 166 Å². The lowest BCUT2D eigenvalue weighted by Crippen LogP contribution is -2.06. The van der Waals surface area contributed by atoms with E-state index in [2.05, 4.69) is 15.2 Å². The second kappa shape index (κ2) is 8.39. The van der Waals surface area contributed by atoms with Crippen LogP contribution in [0.3, 0.4) is 0 Å². The summed E-state index contributed by atoms with van der Waals surface area (Å²) in [5.74, 6) is 1.10. The topological polar surface area (TPSA) is 92.3 Å². The van der Waals surface area contributed by atoms with E-state index in [0.29, 0.717) is 28.7 Å². The van der Waals surface area contributed by atoms with Crippen LogP contribution in [-0.2, 0) is 18.0 Å². The highest BCUT2D eigenvalue weighted by atomic mass is 16.5. The summed E-state index contributed by atoms with van der Waals surface area (Å²) in [7, 11) is 0. The quantitative estimate of drug-likeness (QED) is 0.446. The molecule has 0 saturated heterocycles. The summed E-state index contributed by atoms with van der Waals surface area (Å²) in [6.45, 7) is 1.99. The summed E-state index contributed by atoms with van der Waals surface area (Å²) in [5.41, 5.74) is 2.03. The molecule has 0 unspecified atom stereocenters. The number of hydrogen-bond acceptors (Lipinski definition) is 7. The average molecular weight is 390 g/mol. The van der Waals surface area contributed by atoms with Crippen LogP contribution in [0.5, 0.6) is 5.75 Å². The van der Waals surface area contributed by atoms with Gasteiger partial charge in [-0.3, -0.25) is 0 Å². The number of nitrogens with zero attached hydrogens (tertiary/aromatic N) is 4. The molecule has 29 heavy (non-hydrogen) atoms. The monoisotopic (exact) mass is 390 g/mol. The molecule has 146 valence electrons. The zero-order valence-corrected chi connectivity index (χ0v) is 15.7. The molecule has 2 aromatic carbocycles. The summed E-state index contributed by atoms with van der Waals surface area (Å²) in [6, 6.07) is 18.2. The first-order valence-electron chi connectivity index (χ1n) is 8.96. The number of esters is 1. The largest absolute Gasteiger partial charge is 0.485 e. The molecule has 0 N–H and O–H groups in total. The van der Waals surface area contributed by atoms with Gasteiger partial charge in [0.05, 0.1) is 11.3 Å². The van der Waals surface area contributed by atoms with Crippen LogP contribution in [-0.4, -0.2) is 25.9 Å². The Hall–Kier alpha value is -3.94. The molecule has 8 heteroatoms. The van der Waals surface area contributed by atoms with Gasteiger partial charge in [-0.05, 0) is 42.5 Å². The third kappa shape index (κ3) is 4.67. The van der Waals surface area contributed by atoms with E-state index in [9.17, 15) is 4.79 Å². The number of aromatic nitrogens is 4. The zero-order chi connectivity index (χ0) is 20.1.